The summed E-state index contributed by atoms with van der Waals surface area (Å²) in [6.45, 7) is 7.06. The van der Waals surface area contributed by atoms with Gasteiger partial charge >= 0.3 is 0 Å². The van der Waals surface area contributed by atoms with Crippen LogP contribution in [0.5, 0.6) is 0 Å². The predicted octanol–water partition coefficient (Wildman–Crippen LogP) is 4.55. The van der Waals surface area contributed by atoms with Crippen LogP contribution in [0.15, 0.2) is 30.9 Å². The summed E-state index contributed by atoms with van der Waals surface area (Å²) in [6, 6.07) is 3.90. The third-order valence-corrected chi connectivity index (χ3v) is 6.69. The molecule has 0 aliphatic heterocycles. The van der Waals surface area contributed by atoms with Crippen LogP contribution in [-0.2, 0) is 12.8 Å². The number of aromatic nitrogens is 5. The Morgan fingerprint density at radius 1 is 1.27 bits per heavy atom. The second-order valence-electron chi connectivity index (χ2n) is 8.18. The molecule has 4 aromatic heterocycles. The van der Waals surface area contributed by atoms with Gasteiger partial charge in [0.05, 0.1) is 5.39 Å². The minimum absolute atomic E-state index is 0.346. The Morgan fingerprint density at radius 2 is 2.15 bits per heavy atom. The van der Waals surface area contributed by atoms with Gasteiger partial charge in [-0.1, -0.05) is 20.8 Å². The second kappa shape index (κ2) is 5.58. The van der Waals surface area contributed by atoms with Gasteiger partial charge in [-0.3, -0.25) is 4.98 Å². The second-order valence-corrected chi connectivity index (χ2v) is 9.26. The third kappa shape index (κ3) is 2.43. The molecule has 4 heterocycles. The Hall–Kier alpha value is -2.34. The number of fused-ring (bicyclic) bond motifs is 5. The molecule has 1 unspecified atom stereocenters. The molecule has 0 N–H and O–H groups in total. The van der Waals surface area contributed by atoms with Crippen molar-refractivity contribution >= 4 is 27.2 Å². The normalized spacial score (nSPS) is 17.7. The van der Waals surface area contributed by atoms with E-state index in [2.05, 4.69) is 35.8 Å². The maximum Gasteiger partial charge on any atom is 0.183 e. The summed E-state index contributed by atoms with van der Waals surface area (Å²) in [7, 11) is 0. The van der Waals surface area contributed by atoms with Crippen molar-refractivity contribution in [3.05, 3.63) is 41.3 Å². The molecule has 5 nitrogen and oxygen atoms in total. The van der Waals surface area contributed by atoms with Crippen LogP contribution in [0.4, 0.5) is 0 Å². The lowest BCUT2D eigenvalue weighted by atomic mass is 9.72. The van der Waals surface area contributed by atoms with E-state index in [1.165, 1.54) is 22.2 Å². The first-order chi connectivity index (χ1) is 12.5. The Balaban J connectivity index is 1.67. The van der Waals surface area contributed by atoms with Crippen molar-refractivity contribution in [2.24, 2.45) is 11.3 Å². The highest BCUT2D eigenvalue weighted by Gasteiger charge is 2.31. The van der Waals surface area contributed by atoms with Crippen molar-refractivity contribution in [2.75, 3.05) is 0 Å². The zero-order chi connectivity index (χ0) is 17.9. The van der Waals surface area contributed by atoms with Gasteiger partial charge < -0.3 is 0 Å². The Morgan fingerprint density at radius 3 is 2.92 bits per heavy atom. The smallest absolute Gasteiger partial charge is 0.183 e. The van der Waals surface area contributed by atoms with Gasteiger partial charge in [0.25, 0.3) is 0 Å². The summed E-state index contributed by atoms with van der Waals surface area (Å²) in [6.07, 6.45) is 8.83. The first-order valence-electron chi connectivity index (χ1n) is 9.07. The van der Waals surface area contributed by atoms with Crippen LogP contribution in [0, 0.1) is 11.3 Å². The van der Waals surface area contributed by atoms with Gasteiger partial charge in [-0.25, -0.2) is 14.5 Å². The minimum atomic E-state index is 0.346. The average molecular weight is 363 g/mol. The average Bonchev–Trinajstić information content (AvgIpc) is 3.21. The van der Waals surface area contributed by atoms with Crippen LogP contribution >= 0.6 is 11.3 Å². The molecule has 5 rings (SSSR count). The number of hydrogen-bond acceptors (Lipinski definition) is 5. The van der Waals surface area contributed by atoms with Crippen molar-refractivity contribution in [2.45, 2.75) is 40.0 Å². The number of pyridine rings is 1. The highest BCUT2D eigenvalue weighted by Crippen LogP contribution is 2.43. The topological polar surface area (TPSA) is 56.0 Å². The van der Waals surface area contributed by atoms with Gasteiger partial charge in [-0.15, -0.1) is 16.4 Å². The van der Waals surface area contributed by atoms with E-state index < -0.39 is 0 Å². The summed E-state index contributed by atoms with van der Waals surface area (Å²) in [4.78, 5) is 16.3. The van der Waals surface area contributed by atoms with E-state index >= 15 is 0 Å². The number of aryl methyl sites for hydroxylation is 1. The van der Waals surface area contributed by atoms with E-state index in [0.717, 1.165) is 34.8 Å². The fourth-order valence-electron chi connectivity index (χ4n) is 3.93. The molecule has 0 radical (unpaired) electrons. The molecule has 0 bridgehead atoms. The fraction of sp³-hybridized carbons (Fsp3) is 0.400. The number of nitrogens with zero attached hydrogens (tertiary/aromatic N) is 5. The molecule has 6 heteroatoms. The summed E-state index contributed by atoms with van der Waals surface area (Å²) < 4.78 is 1.81. The number of rotatable bonds is 1. The third-order valence-electron chi connectivity index (χ3n) is 5.53. The Kier molecular flexibility index (Phi) is 3.41. The summed E-state index contributed by atoms with van der Waals surface area (Å²) in [5.74, 6) is 1.43. The summed E-state index contributed by atoms with van der Waals surface area (Å²) in [5.41, 5.74) is 3.63. The van der Waals surface area contributed by atoms with Crippen molar-refractivity contribution < 1.29 is 0 Å². The highest BCUT2D eigenvalue weighted by molar-refractivity contribution is 7.19. The van der Waals surface area contributed by atoms with E-state index in [1.54, 1.807) is 18.7 Å². The van der Waals surface area contributed by atoms with Gasteiger partial charge in [-0.05, 0) is 48.3 Å². The molecule has 1 aliphatic carbocycles. The van der Waals surface area contributed by atoms with Crippen LogP contribution < -0.4 is 0 Å². The molecule has 0 saturated carbocycles. The maximum atomic E-state index is 4.84. The minimum Gasteiger partial charge on any atom is -0.264 e. The van der Waals surface area contributed by atoms with Crippen LogP contribution in [0.3, 0.4) is 0 Å². The zero-order valence-electron chi connectivity index (χ0n) is 15.2. The summed E-state index contributed by atoms with van der Waals surface area (Å²) >= 11 is 1.83. The largest absolute Gasteiger partial charge is 0.264 e. The Bertz CT molecular complexity index is 1100. The molecule has 1 atom stereocenters. The van der Waals surface area contributed by atoms with E-state index in [9.17, 15) is 0 Å². The first-order valence-corrected chi connectivity index (χ1v) is 9.88. The number of thiophene rings is 1. The fourth-order valence-corrected chi connectivity index (χ4v) is 5.19. The van der Waals surface area contributed by atoms with Gasteiger partial charge in [0.2, 0.25) is 0 Å². The van der Waals surface area contributed by atoms with Crippen LogP contribution in [0.25, 0.3) is 27.3 Å². The molecule has 132 valence electrons. The summed E-state index contributed by atoms with van der Waals surface area (Å²) in [5, 5.41) is 5.82. The van der Waals surface area contributed by atoms with E-state index in [4.69, 9.17) is 4.98 Å². The van der Waals surface area contributed by atoms with Crippen molar-refractivity contribution in [1.29, 1.82) is 0 Å². The van der Waals surface area contributed by atoms with Gasteiger partial charge in [0, 0.05) is 22.8 Å². The molecule has 0 spiro atoms. The lowest BCUT2D eigenvalue weighted by Gasteiger charge is -2.33. The molecule has 0 amide bonds. The Labute approximate surface area is 156 Å². The van der Waals surface area contributed by atoms with Crippen LogP contribution in [0.2, 0.25) is 0 Å². The maximum absolute atomic E-state index is 4.84. The first kappa shape index (κ1) is 15.9. The molecule has 26 heavy (non-hydrogen) atoms. The van der Waals surface area contributed by atoms with Gasteiger partial charge in [0.15, 0.2) is 11.5 Å². The van der Waals surface area contributed by atoms with E-state index in [-0.39, 0.29) is 0 Å². The van der Waals surface area contributed by atoms with Gasteiger partial charge in [0.1, 0.15) is 11.2 Å². The predicted molar refractivity (Wildman–Crippen MR) is 104 cm³/mol. The standard InChI is InChI=1S/C20H21N5S/c1-20(2,3)13-6-7-14-15(9-13)26-19-16(14)18-23-17(24-25(18)11-22-19)12-5-4-8-21-10-12/h4-5,8,10-11,13H,6-7,9H2,1-3H3. The van der Waals surface area contributed by atoms with Crippen molar-refractivity contribution in [3.8, 4) is 11.4 Å². The molecule has 4 aromatic rings. The highest BCUT2D eigenvalue weighted by atomic mass is 32.1. The van der Waals surface area contributed by atoms with Gasteiger partial charge in [-0.2, -0.15) is 0 Å². The van der Waals surface area contributed by atoms with Crippen LogP contribution in [-0.4, -0.2) is 24.6 Å². The molecule has 0 aromatic carbocycles. The van der Waals surface area contributed by atoms with E-state index in [0.29, 0.717) is 11.2 Å². The SMILES string of the molecule is CC(C)(C)C1CCc2c(sc3ncn4nc(-c5cccnc5)nc4c23)C1. The lowest BCUT2D eigenvalue weighted by Crippen LogP contribution is -2.26. The molecule has 1 aliphatic rings. The molecule has 0 fully saturated rings. The van der Waals surface area contributed by atoms with Crippen LogP contribution in [0.1, 0.15) is 37.6 Å². The quantitative estimate of drug-likeness (QED) is 0.498. The molecular weight excluding hydrogens is 342 g/mol. The molecular formula is C20H21N5S. The number of hydrogen-bond donors (Lipinski definition) is 0. The molecule has 0 saturated heterocycles. The monoisotopic (exact) mass is 363 g/mol. The van der Waals surface area contributed by atoms with Crippen molar-refractivity contribution in [1.82, 2.24) is 24.6 Å². The van der Waals surface area contributed by atoms with E-state index in [1.807, 2.05) is 28.0 Å². The zero-order valence-corrected chi connectivity index (χ0v) is 16.0. The lowest BCUT2D eigenvalue weighted by molar-refractivity contribution is 0.218. The van der Waals surface area contributed by atoms with Crippen molar-refractivity contribution in [3.63, 3.8) is 0 Å².